The predicted octanol–water partition coefficient (Wildman–Crippen LogP) is 4.85. The smallest absolute Gasteiger partial charge is 0.291 e. The summed E-state index contributed by atoms with van der Waals surface area (Å²) in [6, 6.07) is 16.6. The van der Waals surface area contributed by atoms with E-state index in [2.05, 4.69) is 15.3 Å². The van der Waals surface area contributed by atoms with Gasteiger partial charge in [-0.2, -0.15) is 0 Å². The van der Waals surface area contributed by atoms with E-state index in [0.717, 1.165) is 16.6 Å². The van der Waals surface area contributed by atoms with Crippen LogP contribution in [0.1, 0.15) is 23.3 Å². The quantitative estimate of drug-likeness (QED) is 0.541. The van der Waals surface area contributed by atoms with Gasteiger partial charge in [0.15, 0.2) is 17.1 Å². The molecule has 0 atom stereocenters. The van der Waals surface area contributed by atoms with Gasteiger partial charge in [0.2, 0.25) is 0 Å². The first kappa shape index (κ1) is 17.7. The number of para-hydroxylation sites is 1. The molecule has 0 unspecified atom stereocenters. The molecule has 0 saturated heterocycles. The maximum atomic E-state index is 12.7. The Balaban J connectivity index is 1.60. The topological polar surface area (TPSA) is 77.2 Å². The number of hydrogen-bond acceptors (Lipinski definition) is 5. The molecule has 0 aliphatic heterocycles. The molecule has 0 aliphatic carbocycles. The molecule has 28 heavy (non-hydrogen) atoms. The Morgan fingerprint density at radius 2 is 2.00 bits per heavy atom. The number of aromatic nitrogens is 2. The van der Waals surface area contributed by atoms with Gasteiger partial charge >= 0.3 is 0 Å². The van der Waals surface area contributed by atoms with Crippen LogP contribution in [0, 0.1) is 6.92 Å². The van der Waals surface area contributed by atoms with E-state index in [1.165, 1.54) is 0 Å². The molecule has 140 valence electrons. The third kappa shape index (κ3) is 3.57. The van der Waals surface area contributed by atoms with E-state index in [1.54, 1.807) is 12.3 Å². The van der Waals surface area contributed by atoms with Crippen molar-refractivity contribution in [1.82, 2.24) is 9.97 Å². The van der Waals surface area contributed by atoms with E-state index in [4.69, 9.17) is 9.15 Å². The number of ether oxygens (including phenoxy) is 1. The van der Waals surface area contributed by atoms with Gasteiger partial charge in [0.25, 0.3) is 5.91 Å². The maximum absolute atomic E-state index is 12.7. The van der Waals surface area contributed by atoms with Crippen molar-refractivity contribution in [3.05, 3.63) is 72.4 Å². The molecule has 2 aromatic carbocycles. The van der Waals surface area contributed by atoms with Crippen LogP contribution >= 0.6 is 0 Å². The number of fused-ring (bicyclic) bond motifs is 1. The van der Waals surface area contributed by atoms with Crippen LogP contribution in [0.4, 0.5) is 5.69 Å². The normalized spacial score (nSPS) is 10.8. The van der Waals surface area contributed by atoms with Crippen LogP contribution in [0.2, 0.25) is 0 Å². The minimum atomic E-state index is -0.324. The zero-order valence-corrected chi connectivity index (χ0v) is 15.6. The highest BCUT2D eigenvalue weighted by molar-refractivity contribution is 6.05. The van der Waals surface area contributed by atoms with Gasteiger partial charge in [-0.25, -0.2) is 9.97 Å². The largest absolute Gasteiger partial charge is 0.490 e. The van der Waals surface area contributed by atoms with E-state index in [9.17, 15) is 4.79 Å². The lowest BCUT2D eigenvalue weighted by Crippen LogP contribution is -2.10. The molecule has 1 N–H and O–H groups in total. The summed E-state index contributed by atoms with van der Waals surface area (Å²) in [5, 5.41) is 3.70. The minimum absolute atomic E-state index is 0.227. The van der Waals surface area contributed by atoms with Crippen molar-refractivity contribution >= 4 is 22.6 Å². The fourth-order valence-electron chi connectivity index (χ4n) is 2.98. The Hall–Kier alpha value is -3.67. The molecule has 0 spiro atoms. The van der Waals surface area contributed by atoms with Gasteiger partial charge in [-0.3, -0.25) is 4.79 Å². The number of carbonyl (C=O) groups is 1. The number of nitrogens with zero attached hydrogens (tertiary/aromatic N) is 2. The van der Waals surface area contributed by atoms with Crippen LogP contribution < -0.4 is 10.1 Å². The summed E-state index contributed by atoms with van der Waals surface area (Å²) in [7, 11) is 0. The first-order valence-corrected chi connectivity index (χ1v) is 9.01. The second-order valence-electron chi connectivity index (χ2n) is 6.24. The van der Waals surface area contributed by atoms with E-state index in [1.807, 2.05) is 62.4 Å². The highest BCUT2D eigenvalue weighted by Crippen LogP contribution is 2.29. The number of hydrogen-bond donors (Lipinski definition) is 1. The van der Waals surface area contributed by atoms with Crippen molar-refractivity contribution < 1.29 is 13.9 Å². The first-order valence-electron chi connectivity index (χ1n) is 9.01. The summed E-state index contributed by atoms with van der Waals surface area (Å²) in [5.41, 5.74) is 2.92. The standard InChI is InChI=1S/C22H19N3O3/c1-3-27-19-9-5-7-16-13-20(28-21(16)19)22(26)25-17-8-4-6-15(12-17)18-10-11-23-14(2)24-18/h4-13H,3H2,1-2H3,(H,25,26). The lowest BCUT2D eigenvalue weighted by Gasteiger charge is -2.06. The molecule has 0 aliphatic rings. The van der Waals surface area contributed by atoms with Crippen LogP contribution in [0.15, 0.2) is 65.2 Å². The van der Waals surface area contributed by atoms with Gasteiger partial charge in [-0.05, 0) is 44.2 Å². The Kier molecular flexibility index (Phi) is 4.76. The SMILES string of the molecule is CCOc1cccc2cc(C(=O)Nc3cccc(-c4ccnc(C)n4)c3)oc12. The van der Waals surface area contributed by atoms with E-state index >= 15 is 0 Å². The number of anilines is 1. The monoisotopic (exact) mass is 373 g/mol. The van der Waals surface area contributed by atoms with Crippen molar-refractivity contribution in [3.8, 4) is 17.0 Å². The van der Waals surface area contributed by atoms with Crippen LogP contribution in [0.25, 0.3) is 22.2 Å². The molecule has 0 radical (unpaired) electrons. The van der Waals surface area contributed by atoms with Gasteiger partial charge in [-0.15, -0.1) is 0 Å². The van der Waals surface area contributed by atoms with Crippen molar-refractivity contribution in [2.24, 2.45) is 0 Å². The van der Waals surface area contributed by atoms with Crippen molar-refractivity contribution in [2.75, 3.05) is 11.9 Å². The molecule has 6 heteroatoms. The molecule has 0 bridgehead atoms. The molecule has 0 saturated carbocycles. The third-order valence-electron chi connectivity index (χ3n) is 4.22. The summed E-state index contributed by atoms with van der Waals surface area (Å²) < 4.78 is 11.3. The van der Waals surface area contributed by atoms with Gasteiger partial charge < -0.3 is 14.5 Å². The number of nitrogens with one attached hydrogen (secondary N) is 1. The second kappa shape index (κ2) is 7.52. The third-order valence-corrected chi connectivity index (χ3v) is 4.22. The second-order valence-corrected chi connectivity index (χ2v) is 6.24. The van der Waals surface area contributed by atoms with Gasteiger partial charge in [0.1, 0.15) is 5.82 Å². The van der Waals surface area contributed by atoms with Crippen LogP contribution in [0.5, 0.6) is 5.75 Å². The fraction of sp³-hybridized carbons (Fsp3) is 0.136. The van der Waals surface area contributed by atoms with Gasteiger partial charge in [0.05, 0.1) is 12.3 Å². The highest BCUT2D eigenvalue weighted by atomic mass is 16.5. The van der Waals surface area contributed by atoms with Crippen LogP contribution in [-0.4, -0.2) is 22.5 Å². The Bertz CT molecular complexity index is 1150. The molecule has 4 rings (SSSR count). The molecule has 2 aromatic heterocycles. The number of rotatable bonds is 5. The van der Waals surface area contributed by atoms with E-state index < -0.39 is 0 Å². The van der Waals surface area contributed by atoms with E-state index in [-0.39, 0.29) is 11.7 Å². The lowest BCUT2D eigenvalue weighted by atomic mass is 10.1. The van der Waals surface area contributed by atoms with Crippen molar-refractivity contribution in [1.29, 1.82) is 0 Å². The Labute approximate surface area is 162 Å². The van der Waals surface area contributed by atoms with E-state index in [0.29, 0.717) is 29.5 Å². The molecular weight excluding hydrogens is 354 g/mol. The number of carbonyl (C=O) groups excluding carboxylic acids is 1. The zero-order valence-electron chi connectivity index (χ0n) is 15.6. The highest BCUT2D eigenvalue weighted by Gasteiger charge is 2.15. The lowest BCUT2D eigenvalue weighted by molar-refractivity contribution is 0.0998. The average Bonchev–Trinajstić information content (AvgIpc) is 3.14. The number of aryl methyl sites for hydroxylation is 1. The fourth-order valence-corrected chi connectivity index (χ4v) is 2.98. The first-order chi connectivity index (χ1) is 13.6. The summed E-state index contributed by atoms with van der Waals surface area (Å²) in [4.78, 5) is 21.2. The molecule has 6 nitrogen and oxygen atoms in total. The summed E-state index contributed by atoms with van der Waals surface area (Å²) in [5.74, 6) is 1.22. The summed E-state index contributed by atoms with van der Waals surface area (Å²) in [6.45, 7) is 4.27. The number of benzene rings is 2. The molecular formula is C22H19N3O3. The summed E-state index contributed by atoms with van der Waals surface area (Å²) in [6.07, 6.45) is 1.72. The number of furan rings is 1. The molecule has 1 amide bonds. The van der Waals surface area contributed by atoms with Crippen LogP contribution in [0.3, 0.4) is 0 Å². The van der Waals surface area contributed by atoms with Crippen molar-refractivity contribution in [3.63, 3.8) is 0 Å². The number of amides is 1. The Morgan fingerprint density at radius 3 is 2.82 bits per heavy atom. The van der Waals surface area contributed by atoms with Gasteiger partial charge in [0, 0.05) is 22.8 Å². The molecule has 4 aromatic rings. The molecule has 2 heterocycles. The van der Waals surface area contributed by atoms with Crippen LogP contribution in [-0.2, 0) is 0 Å². The Morgan fingerprint density at radius 1 is 1.14 bits per heavy atom. The maximum Gasteiger partial charge on any atom is 0.291 e. The van der Waals surface area contributed by atoms with Crippen molar-refractivity contribution in [2.45, 2.75) is 13.8 Å². The summed E-state index contributed by atoms with van der Waals surface area (Å²) >= 11 is 0. The molecule has 0 fully saturated rings. The average molecular weight is 373 g/mol. The van der Waals surface area contributed by atoms with Gasteiger partial charge in [-0.1, -0.05) is 24.3 Å². The minimum Gasteiger partial charge on any atom is -0.490 e. The predicted molar refractivity (Wildman–Crippen MR) is 108 cm³/mol. The zero-order chi connectivity index (χ0) is 19.5.